The molecule has 3 heteroatoms. The Morgan fingerprint density at radius 1 is 1.18 bits per heavy atom. The highest BCUT2D eigenvalue weighted by molar-refractivity contribution is 4.79. The second-order valence-electron chi connectivity index (χ2n) is 6.02. The van der Waals surface area contributed by atoms with Gasteiger partial charge in [-0.3, -0.25) is 0 Å². The second kappa shape index (κ2) is 6.72. The lowest BCUT2D eigenvalue weighted by molar-refractivity contribution is 0.0273. The third-order valence-corrected chi connectivity index (χ3v) is 3.78. The van der Waals surface area contributed by atoms with Gasteiger partial charge < -0.3 is 15.0 Å². The van der Waals surface area contributed by atoms with Gasteiger partial charge in [0.25, 0.3) is 0 Å². The third-order valence-electron chi connectivity index (χ3n) is 3.78. The first-order valence-electron chi connectivity index (χ1n) is 7.32. The summed E-state index contributed by atoms with van der Waals surface area (Å²) in [4.78, 5) is 2.56. The standard InChI is InChI=1S/C14H28N2O/c1-12(2)9-15-10-13-5-6-14(17-13)11-16-7-3-4-8-16/h12-15H,3-11H2,1-2H3. The highest BCUT2D eigenvalue weighted by Gasteiger charge is 2.27. The Morgan fingerprint density at radius 3 is 2.59 bits per heavy atom. The number of rotatable bonds is 6. The summed E-state index contributed by atoms with van der Waals surface area (Å²) in [5.74, 6) is 0.733. The fourth-order valence-corrected chi connectivity index (χ4v) is 2.85. The van der Waals surface area contributed by atoms with Crippen LogP contribution in [-0.2, 0) is 4.74 Å². The van der Waals surface area contributed by atoms with E-state index in [1.807, 2.05) is 0 Å². The van der Waals surface area contributed by atoms with Gasteiger partial charge >= 0.3 is 0 Å². The lowest BCUT2D eigenvalue weighted by atomic mass is 10.2. The Hall–Kier alpha value is -0.120. The van der Waals surface area contributed by atoms with E-state index in [4.69, 9.17) is 4.74 Å². The molecule has 0 aromatic rings. The van der Waals surface area contributed by atoms with Crippen molar-refractivity contribution in [2.24, 2.45) is 5.92 Å². The predicted molar refractivity (Wildman–Crippen MR) is 71.3 cm³/mol. The van der Waals surface area contributed by atoms with Crippen LogP contribution in [0.15, 0.2) is 0 Å². The van der Waals surface area contributed by atoms with E-state index in [2.05, 4.69) is 24.1 Å². The van der Waals surface area contributed by atoms with Gasteiger partial charge in [0.1, 0.15) is 0 Å². The maximum Gasteiger partial charge on any atom is 0.0707 e. The molecule has 100 valence electrons. The zero-order valence-electron chi connectivity index (χ0n) is 11.5. The van der Waals surface area contributed by atoms with Crippen molar-refractivity contribution in [2.45, 2.75) is 51.7 Å². The van der Waals surface area contributed by atoms with Gasteiger partial charge in [-0.15, -0.1) is 0 Å². The van der Waals surface area contributed by atoms with Crippen LogP contribution in [0.4, 0.5) is 0 Å². The molecule has 0 radical (unpaired) electrons. The van der Waals surface area contributed by atoms with E-state index in [1.165, 1.54) is 45.3 Å². The number of hydrogen-bond donors (Lipinski definition) is 1. The molecule has 2 unspecified atom stereocenters. The minimum Gasteiger partial charge on any atom is -0.372 e. The van der Waals surface area contributed by atoms with Crippen LogP contribution in [-0.4, -0.2) is 49.8 Å². The van der Waals surface area contributed by atoms with E-state index in [0.29, 0.717) is 12.2 Å². The van der Waals surface area contributed by atoms with Crippen molar-refractivity contribution in [2.75, 3.05) is 32.7 Å². The fraction of sp³-hybridized carbons (Fsp3) is 1.00. The van der Waals surface area contributed by atoms with Crippen molar-refractivity contribution in [1.29, 1.82) is 0 Å². The number of hydrogen-bond acceptors (Lipinski definition) is 3. The van der Waals surface area contributed by atoms with Crippen molar-refractivity contribution in [3.8, 4) is 0 Å². The molecule has 0 spiro atoms. The molecule has 2 fully saturated rings. The molecule has 0 bridgehead atoms. The van der Waals surface area contributed by atoms with Gasteiger partial charge in [0.05, 0.1) is 12.2 Å². The lowest BCUT2D eigenvalue weighted by Gasteiger charge is -2.20. The molecule has 0 amide bonds. The monoisotopic (exact) mass is 240 g/mol. The van der Waals surface area contributed by atoms with E-state index in [0.717, 1.165) is 19.0 Å². The van der Waals surface area contributed by atoms with Crippen LogP contribution in [0.3, 0.4) is 0 Å². The average Bonchev–Trinajstić information content (AvgIpc) is 2.90. The van der Waals surface area contributed by atoms with Gasteiger partial charge in [0.2, 0.25) is 0 Å². The van der Waals surface area contributed by atoms with Gasteiger partial charge in [0.15, 0.2) is 0 Å². The van der Waals surface area contributed by atoms with Crippen LogP contribution >= 0.6 is 0 Å². The summed E-state index contributed by atoms with van der Waals surface area (Å²) < 4.78 is 6.10. The maximum absolute atomic E-state index is 6.10. The molecule has 2 rings (SSSR count). The summed E-state index contributed by atoms with van der Waals surface area (Å²) in [5, 5.41) is 3.50. The van der Waals surface area contributed by atoms with Crippen LogP contribution in [0, 0.1) is 5.92 Å². The van der Waals surface area contributed by atoms with Gasteiger partial charge in [0, 0.05) is 13.1 Å². The summed E-state index contributed by atoms with van der Waals surface area (Å²) in [6.45, 7) is 10.4. The van der Waals surface area contributed by atoms with Crippen molar-refractivity contribution in [3.63, 3.8) is 0 Å². The van der Waals surface area contributed by atoms with Crippen LogP contribution < -0.4 is 5.32 Å². The average molecular weight is 240 g/mol. The van der Waals surface area contributed by atoms with Crippen LogP contribution in [0.2, 0.25) is 0 Å². The summed E-state index contributed by atoms with van der Waals surface area (Å²) in [7, 11) is 0. The van der Waals surface area contributed by atoms with Crippen LogP contribution in [0.5, 0.6) is 0 Å². The maximum atomic E-state index is 6.10. The predicted octanol–water partition coefficient (Wildman–Crippen LogP) is 1.88. The molecular formula is C14H28N2O. The molecule has 0 aromatic carbocycles. The van der Waals surface area contributed by atoms with Crippen LogP contribution in [0.1, 0.15) is 39.5 Å². The van der Waals surface area contributed by atoms with Crippen LogP contribution in [0.25, 0.3) is 0 Å². The normalized spacial score (nSPS) is 30.5. The van der Waals surface area contributed by atoms with E-state index in [1.54, 1.807) is 0 Å². The molecule has 2 atom stereocenters. The molecule has 1 N–H and O–H groups in total. The van der Waals surface area contributed by atoms with Gasteiger partial charge in [-0.1, -0.05) is 13.8 Å². The van der Waals surface area contributed by atoms with Crippen molar-refractivity contribution in [1.82, 2.24) is 10.2 Å². The number of nitrogens with zero attached hydrogens (tertiary/aromatic N) is 1. The fourth-order valence-electron chi connectivity index (χ4n) is 2.85. The molecule has 0 aromatic heterocycles. The van der Waals surface area contributed by atoms with Crippen molar-refractivity contribution in [3.05, 3.63) is 0 Å². The van der Waals surface area contributed by atoms with Crippen molar-refractivity contribution < 1.29 is 4.74 Å². The van der Waals surface area contributed by atoms with Gasteiger partial charge in [-0.05, 0) is 51.2 Å². The molecule has 2 aliphatic rings. The minimum absolute atomic E-state index is 0.460. The Balaban J connectivity index is 1.58. The SMILES string of the molecule is CC(C)CNCC1CCC(CN2CCCC2)O1. The zero-order chi connectivity index (χ0) is 12.1. The number of likely N-dealkylation sites (tertiary alicyclic amines) is 1. The highest BCUT2D eigenvalue weighted by Crippen LogP contribution is 2.21. The smallest absolute Gasteiger partial charge is 0.0707 e. The molecule has 2 aliphatic heterocycles. The summed E-state index contributed by atoms with van der Waals surface area (Å²) >= 11 is 0. The molecule has 3 nitrogen and oxygen atoms in total. The first-order chi connectivity index (χ1) is 8.24. The first kappa shape index (κ1) is 13.3. The largest absolute Gasteiger partial charge is 0.372 e. The van der Waals surface area contributed by atoms with E-state index in [-0.39, 0.29) is 0 Å². The first-order valence-corrected chi connectivity index (χ1v) is 7.32. The van der Waals surface area contributed by atoms with Gasteiger partial charge in [-0.25, -0.2) is 0 Å². The summed E-state index contributed by atoms with van der Waals surface area (Å²) in [6, 6.07) is 0. The lowest BCUT2D eigenvalue weighted by Crippen LogP contribution is -2.33. The summed E-state index contributed by atoms with van der Waals surface area (Å²) in [6.07, 6.45) is 6.21. The zero-order valence-corrected chi connectivity index (χ0v) is 11.5. The number of ether oxygens (including phenoxy) is 1. The molecular weight excluding hydrogens is 212 g/mol. The highest BCUT2D eigenvalue weighted by atomic mass is 16.5. The molecule has 2 heterocycles. The molecule has 0 aliphatic carbocycles. The minimum atomic E-state index is 0.460. The Morgan fingerprint density at radius 2 is 1.88 bits per heavy atom. The Bertz CT molecular complexity index is 214. The topological polar surface area (TPSA) is 24.5 Å². The number of nitrogens with one attached hydrogen (secondary N) is 1. The van der Waals surface area contributed by atoms with E-state index >= 15 is 0 Å². The Labute approximate surface area is 106 Å². The second-order valence-corrected chi connectivity index (χ2v) is 6.02. The van der Waals surface area contributed by atoms with E-state index in [9.17, 15) is 0 Å². The quantitative estimate of drug-likeness (QED) is 0.767. The third kappa shape index (κ3) is 4.57. The van der Waals surface area contributed by atoms with Gasteiger partial charge in [-0.2, -0.15) is 0 Å². The summed E-state index contributed by atoms with van der Waals surface area (Å²) in [5.41, 5.74) is 0. The van der Waals surface area contributed by atoms with E-state index < -0.39 is 0 Å². The van der Waals surface area contributed by atoms with Crippen molar-refractivity contribution >= 4 is 0 Å². The molecule has 0 saturated carbocycles. The molecule has 17 heavy (non-hydrogen) atoms. The molecule has 2 saturated heterocycles. The Kier molecular flexibility index (Phi) is 5.26.